The van der Waals surface area contributed by atoms with Gasteiger partial charge in [-0.1, -0.05) is 38.5 Å². The largest absolute Gasteiger partial charge is 0.387 e. The van der Waals surface area contributed by atoms with Crippen molar-refractivity contribution < 1.29 is 9.18 Å². The van der Waals surface area contributed by atoms with E-state index in [1.807, 2.05) is 38.1 Å². The molecular formula is C27H31FN4OS. The van der Waals surface area contributed by atoms with Crippen molar-refractivity contribution in [3.63, 3.8) is 0 Å². The topological polar surface area (TPSA) is 77.8 Å². The number of fused-ring (bicyclic) bond motifs is 1. The molecule has 1 fully saturated rings. The summed E-state index contributed by atoms with van der Waals surface area (Å²) in [6.07, 6.45) is 5.26. The summed E-state index contributed by atoms with van der Waals surface area (Å²) < 4.78 is 14.0. The standard InChI is InChI=1S/C18H17FN2.C7H8N2OS.C2H6/c1-21-18-7-3-6-16(17(18)11-20)14-8-13(9-15(19)10-14)12-4-2-5-12;10-4-7-9-5-1-2-8-3-6(5)11-7;1-2/h3,6-10,12,21H,2,4-5H2,1H3;4,8H,1-3H2;1-2H3. The predicted octanol–water partition coefficient (Wildman–Crippen LogP) is 6.30. The Hall–Kier alpha value is -3.08. The first kappa shape index (κ1) is 25.5. The van der Waals surface area contributed by atoms with E-state index in [9.17, 15) is 14.4 Å². The summed E-state index contributed by atoms with van der Waals surface area (Å²) in [5.74, 6) is 0.241. The van der Waals surface area contributed by atoms with Crippen LogP contribution in [0.5, 0.6) is 0 Å². The Morgan fingerprint density at radius 3 is 2.68 bits per heavy atom. The van der Waals surface area contributed by atoms with Gasteiger partial charge >= 0.3 is 0 Å². The molecule has 0 atom stereocenters. The highest BCUT2D eigenvalue weighted by molar-refractivity contribution is 7.13. The van der Waals surface area contributed by atoms with Gasteiger partial charge in [0.25, 0.3) is 0 Å². The van der Waals surface area contributed by atoms with Gasteiger partial charge in [0.1, 0.15) is 11.9 Å². The summed E-state index contributed by atoms with van der Waals surface area (Å²) in [5, 5.41) is 16.3. The minimum absolute atomic E-state index is 0.229. The Morgan fingerprint density at radius 2 is 2.06 bits per heavy atom. The van der Waals surface area contributed by atoms with Crippen LogP contribution in [0.25, 0.3) is 11.1 Å². The lowest BCUT2D eigenvalue weighted by Crippen LogP contribution is -2.22. The molecule has 2 heterocycles. The first-order valence-electron chi connectivity index (χ1n) is 11.8. The van der Waals surface area contributed by atoms with Gasteiger partial charge in [0.2, 0.25) is 0 Å². The van der Waals surface area contributed by atoms with Gasteiger partial charge in [-0.25, -0.2) is 9.37 Å². The average molecular weight is 479 g/mol. The number of anilines is 1. The second-order valence-electron chi connectivity index (χ2n) is 7.96. The lowest BCUT2D eigenvalue weighted by molar-refractivity contribution is 0.112. The van der Waals surface area contributed by atoms with Crippen LogP contribution in [0.3, 0.4) is 0 Å². The van der Waals surface area contributed by atoms with E-state index >= 15 is 0 Å². The molecule has 0 spiro atoms. The van der Waals surface area contributed by atoms with Crippen LogP contribution in [0.15, 0.2) is 36.4 Å². The SMILES string of the molecule is CC.CNc1cccc(-c2cc(F)cc(C3CCC3)c2)c1C#N.O=Cc1nc2c(s1)CNCC2. The number of carbonyl (C=O) groups is 1. The van der Waals surface area contributed by atoms with E-state index in [2.05, 4.69) is 21.7 Å². The zero-order chi connectivity index (χ0) is 24.5. The second-order valence-corrected chi connectivity index (χ2v) is 9.07. The summed E-state index contributed by atoms with van der Waals surface area (Å²) in [6, 6.07) is 13.0. The Balaban J connectivity index is 0.000000209. The summed E-state index contributed by atoms with van der Waals surface area (Å²) in [6.45, 7) is 5.86. The van der Waals surface area contributed by atoms with Crippen molar-refractivity contribution in [1.82, 2.24) is 10.3 Å². The molecule has 0 unspecified atom stereocenters. The van der Waals surface area contributed by atoms with Gasteiger partial charge in [-0.3, -0.25) is 4.79 Å². The summed E-state index contributed by atoms with van der Waals surface area (Å²) in [5.41, 5.74) is 5.05. The fourth-order valence-corrected chi connectivity index (χ4v) is 4.96. The van der Waals surface area contributed by atoms with Crippen LogP contribution in [-0.4, -0.2) is 24.9 Å². The molecule has 1 aromatic heterocycles. The van der Waals surface area contributed by atoms with Crippen molar-refractivity contribution in [3.05, 3.63) is 68.9 Å². The maximum atomic E-state index is 14.0. The van der Waals surface area contributed by atoms with Crippen molar-refractivity contribution in [2.24, 2.45) is 0 Å². The van der Waals surface area contributed by atoms with Crippen molar-refractivity contribution in [3.8, 4) is 17.2 Å². The van der Waals surface area contributed by atoms with Crippen molar-refractivity contribution in [2.75, 3.05) is 18.9 Å². The minimum Gasteiger partial charge on any atom is -0.387 e. The van der Waals surface area contributed by atoms with Gasteiger partial charge in [0.05, 0.1) is 16.9 Å². The van der Waals surface area contributed by atoms with E-state index in [4.69, 9.17) is 0 Å². The first-order valence-corrected chi connectivity index (χ1v) is 12.6. The van der Waals surface area contributed by atoms with Crippen LogP contribution in [0.4, 0.5) is 10.1 Å². The molecule has 0 saturated heterocycles. The van der Waals surface area contributed by atoms with E-state index in [-0.39, 0.29) is 5.82 Å². The smallest absolute Gasteiger partial charge is 0.178 e. The highest BCUT2D eigenvalue weighted by Crippen LogP contribution is 2.39. The monoisotopic (exact) mass is 478 g/mol. The number of hydrogen-bond acceptors (Lipinski definition) is 6. The summed E-state index contributed by atoms with van der Waals surface area (Å²) in [4.78, 5) is 15.8. The average Bonchev–Trinajstić information content (AvgIpc) is 3.27. The molecule has 178 valence electrons. The maximum absolute atomic E-state index is 14.0. The Morgan fingerprint density at radius 1 is 1.26 bits per heavy atom. The number of thiazole rings is 1. The molecule has 3 aromatic rings. The van der Waals surface area contributed by atoms with Crippen LogP contribution < -0.4 is 10.6 Å². The Labute approximate surface area is 205 Å². The van der Waals surface area contributed by atoms with E-state index in [0.717, 1.165) is 66.7 Å². The van der Waals surface area contributed by atoms with Crippen molar-refractivity contribution in [2.45, 2.75) is 52.0 Å². The van der Waals surface area contributed by atoms with E-state index in [1.165, 1.54) is 28.7 Å². The quantitative estimate of drug-likeness (QED) is 0.430. The zero-order valence-electron chi connectivity index (χ0n) is 20.0. The molecule has 2 aromatic carbocycles. The van der Waals surface area contributed by atoms with Gasteiger partial charge in [0.15, 0.2) is 11.3 Å². The molecule has 2 N–H and O–H groups in total. The zero-order valence-corrected chi connectivity index (χ0v) is 20.8. The van der Waals surface area contributed by atoms with Crippen molar-refractivity contribution >= 4 is 23.3 Å². The number of halogens is 1. The number of nitriles is 1. The lowest BCUT2D eigenvalue weighted by atomic mass is 9.79. The fourth-order valence-electron chi connectivity index (χ4n) is 4.06. The fraction of sp³-hybridized carbons (Fsp3) is 0.370. The van der Waals surface area contributed by atoms with Crippen LogP contribution in [0.2, 0.25) is 0 Å². The third-order valence-corrected chi connectivity index (χ3v) is 7.00. The van der Waals surface area contributed by atoms with Gasteiger partial charge in [-0.2, -0.15) is 5.26 Å². The Kier molecular flexibility index (Phi) is 9.32. The number of nitrogens with one attached hydrogen (secondary N) is 2. The lowest BCUT2D eigenvalue weighted by Gasteiger charge is -2.26. The molecule has 5 rings (SSSR count). The van der Waals surface area contributed by atoms with Gasteiger partial charge in [-0.05, 0) is 48.1 Å². The number of hydrogen-bond donors (Lipinski definition) is 2. The third-order valence-electron chi connectivity index (χ3n) is 5.97. The summed E-state index contributed by atoms with van der Waals surface area (Å²) in [7, 11) is 1.78. The van der Waals surface area contributed by atoms with Crippen LogP contribution in [0.1, 0.15) is 70.5 Å². The molecule has 2 aliphatic rings. The summed E-state index contributed by atoms with van der Waals surface area (Å²) >= 11 is 1.49. The number of benzene rings is 2. The first-order chi connectivity index (χ1) is 16.6. The molecule has 7 heteroatoms. The molecule has 1 aliphatic carbocycles. The number of carbonyl (C=O) groups excluding carboxylic acids is 1. The number of nitrogens with zero attached hydrogens (tertiary/aromatic N) is 2. The molecular weight excluding hydrogens is 447 g/mol. The van der Waals surface area contributed by atoms with Gasteiger partial charge < -0.3 is 10.6 Å². The van der Waals surface area contributed by atoms with Gasteiger partial charge in [-0.15, -0.1) is 11.3 Å². The molecule has 0 amide bonds. The molecule has 34 heavy (non-hydrogen) atoms. The highest BCUT2D eigenvalue weighted by atomic mass is 32.1. The van der Waals surface area contributed by atoms with E-state index in [1.54, 1.807) is 13.1 Å². The normalized spacial score (nSPS) is 14.2. The second kappa shape index (κ2) is 12.4. The van der Waals surface area contributed by atoms with Crippen LogP contribution >= 0.6 is 11.3 Å². The molecule has 1 aliphatic heterocycles. The maximum Gasteiger partial charge on any atom is 0.178 e. The third kappa shape index (κ3) is 5.88. The minimum atomic E-state index is -0.229. The molecule has 0 radical (unpaired) electrons. The molecule has 0 bridgehead atoms. The van der Waals surface area contributed by atoms with E-state index in [0.29, 0.717) is 16.5 Å². The Bertz CT molecular complexity index is 1140. The van der Waals surface area contributed by atoms with Crippen LogP contribution in [-0.2, 0) is 13.0 Å². The van der Waals surface area contributed by atoms with Crippen LogP contribution in [0, 0.1) is 17.1 Å². The van der Waals surface area contributed by atoms with E-state index < -0.39 is 0 Å². The van der Waals surface area contributed by atoms with Gasteiger partial charge in [0, 0.05) is 37.0 Å². The predicted molar refractivity (Wildman–Crippen MR) is 137 cm³/mol. The highest BCUT2D eigenvalue weighted by Gasteiger charge is 2.21. The molecule has 5 nitrogen and oxygen atoms in total. The van der Waals surface area contributed by atoms with Crippen molar-refractivity contribution in [1.29, 1.82) is 5.26 Å². The molecule has 1 saturated carbocycles. The number of aldehydes is 1. The number of aromatic nitrogens is 1. The number of rotatable bonds is 4.